The summed E-state index contributed by atoms with van der Waals surface area (Å²) in [5.41, 5.74) is 1.06. The molecule has 1 unspecified atom stereocenters. The first-order valence-corrected chi connectivity index (χ1v) is 9.17. The third-order valence-electron chi connectivity index (χ3n) is 4.35. The molecule has 3 aromatic rings. The Morgan fingerprint density at radius 2 is 1.20 bits per heavy atom. The molecule has 0 aliphatic carbocycles. The summed E-state index contributed by atoms with van der Waals surface area (Å²) in [5, 5.41) is 0. The third kappa shape index (κ3) is 3.65. The fourth-order valence-corrected chi connectivity index (χ4v) is 3.57. The summed E-state index contributed by atoms with van der Waals surface area (Å²) in [5.74, 6) is 0.311. The van der Waals surface area contributed by atoms with Gasteiger partial charge in [0.25, 0.3) is 0 Å². The Labute approximate surface area is 151 Å². The van der Waals surface area contributed by atoms with Gasteiger partial charge in [-0.3, -0.25) is 4.79 Å². The van der Waals surface area contributed by atoms with Crippen molar-refractivity contribution in [3.63, 3.8) is 0 Å². The molecule has 0 aliphatic rings. The molecule has 0 spiro atoms. The van der Waals surface area contributed by atoms with Crippen LogP contribution in [-0.4, -0.2) is 12.1 Å². The molecule has 0 radical (unpaired) electrons. The first kappa shape index (κ1) is 17.4. The average molecular weight is 348 g/mol. The lowest BCUT2D eigenvalue weighted by Crippen LogP contribution is -2.41. The lowest BCUT2D eigenvalue weighted by atomic mass is 9.72. The molecule has 0 bridgehead atoms. The molecule has 0 heterocycles. The largest absolute Gasteiger partial charge is 0.426 e. The summed E-state index contributed by atoms with van der Waals surface area (Å²) in [6.45, 7) is 0. The number of carbonyl (C=O) groups is 1. The van der Waals surface area contributed by atoms with Crippen LogP contribution in [0.3, 0.4) is 0 Å². The van der Waals surface area contributed by atoms with E-state index in [1.54, 1.807) is 12.1 Å². The minimum Gasteiger partial charge on any atom is -0.426 e. The molecule has 0 N–H and O–H groups in total. The van der Waals surface area contributed by atoms with Crippen molar-refractivity contribution in [3.8, 4) is 5.75 Å². The number of hydrogen-bond donors (Lipinski definition) is 0. The summed E-state index contributed by atoms with van der Waals surface area (Å²) in [4.78, 5) is 13.4. The SMILES string of the molecule is O=C(Oc1ccccc1)C(CCP)(c1ccccc1)c1ccccc1. The summed E-state index contributed by atoms with van der Waals surface area (Å²) >= 11 is 0. The van der Waals surface area contributed by atoms with Gasteiger partial charge in [0.05, 0.1) is 0 Å². The summed E-state index contributed by atoms with van der Waals surface area (Å²) in [6, 6.07) is 29.0. The number of benzene rings is 3. The highest BCUT2D eigenvalue weighted by Gasteiger charge is 2.43. The Morgan fingerprint density at radius 3 is 1.64 bits per heavy atom. The number of esters is 1. The van der Waals surface area contributed by atoms with Crippen molar-refractivity contribution in [3.05, 3.63) is 102 Å². The molecule has 2 nitrogen and oxygen atoms in total. The second-order valence-electron chi connectivity index (χ2n) is 5.88. The van der Waals surface area contributed by atoms with Crippen molar-refractivity contribution in [2.75, 3.05) is 6.16 Å². The monoisotopic (exact) mass is 348 g/mol. The Bertz CT molecular complexity index is 762. The predicted molar refractivity (Wildman–Crippen MR) is 105 cm³/mol. The van der Waals surface area contributed by atoms with Crippen molar-refractivity contribution >= 4 is 15.2 Å². The van der Waals surface area contributed by atoms with Gasteiger partial charge in [-0.1, -0.05) is 78.9 Å². The molecular formula is C22H21O2P. The van der Waals surface area contributed by atoms with Gasteiger partial charge in [0, 0.05) is 0 Å². The van der Waals surface area contributed by atoms with Crippen LogP contribution >= 0.6 is 9.24 Å². The fraction of sp³-hybridized carbons (Fsp3) is 0.136. The predicted octanol–water partition coefficient (Wildman–Crippen LogP) is 4.84. The second kappa shape index (κ2) is 8.09. The van der Waals surface area contributed by atoms with Crippen LogP contribution in [0.25, 0.3) is 0 Å². The van der Waals surface area contributed by atoms with Crippen LogP contribution in [-0.2, 0) is 10.2 Å². The van der Waals surface area contributed by atoms with Gasteiger partial charge in [-0.05, 0) is 35.8 Å². The maximum absolute atomic E-state index is 13.4. The zero-order valence-electron chi connectivity index (χ0n) is 14.0. The highest BCUT2D eigenvalue weighted by Crippen LogP contribution is 2.38. The molecule has 3 heteroatoms. The molecule has 0 aromatic heterocycles. The molecule has 0 saturated carbocycles. The van der Waals surface area contributed by atoms with E-state index in [4.69, 9.17) is 4.74 Å². The normalized spacial score (nSPS) is 11.1. The summed E-state index contributed by atoms with van der Waals surface area (Å²) in [6.07, 6.45) is 1.44. The van der Waals surface area contributed by atoms with Crippen LogP contribution in [0.5, 0.6) is 5.75 Å². The molecule has 0 saturated heterocycles. The van der Waals surface area contributed by atoms with Gasteiger partial charge in [-0.15, -0.1) is 9.24 Å². The summed E-state index contributed by atoms with van der Waals surface area (Å²) < 4.78 is 5.79. The first-order valence-electron chi connectivity index (χ1n) is 8.36. The van der Waals surface area contributed by atoms with E-state index in [1.165, 1.54) is 0 Å². The van der Waals surface area contributed by atoms with Gasteiger partial charge in [-0.25, -0.2) is 0 Å². The number of hydrogen-bond acceptors (Lipinski definition) is 2. The number of ether oxygens (including phenoxy) is 1. The lowest BCUT2D eigenvalue weighted by molar-refractivity contribution is -0.139. The highest BCUT2D eigenvalue weighted by molar-refractivity contribution is 7.16. The van der Waals surface area contributed by atoms with E-state index in [2.05, 4.69) is 9.24 Å². The van der Waals surface area contributed by atoms with Gasteiger partial charge >= 0.3 is 5.97 Å². The highest BCUT2D eigenvalue weighted by atomic mass is 31.0. The van der Waals surface area contributed by atoms with E-state index < -0.39 is 5.41 Å². The van der Waals surface area contributed by atoms with E-state index in [9.17, 15) is 4.79 Å². The van der Waals surface area contributed by atoms with Crippen molar-refractivity contribution in [1.82, 2.24) is 0 Å². The van der Waals surface area contributed by atoms with Crippen molar-refractivity contribution in [2.45, 2.75) is 11.8 Å². The van der Waals surface area contributed by atoms with Gasteiger partial charge in [0.2, 0.25) is 0 Å². The van der Waals surface area contributed by atoms with Crippen LogP contribution in [0.4, 0.5) is 0 Å². The van der Waals surface area contributed by atoms with Crippen LogP contribution in [0.15, 0.2) is 91.0 Å². The summed E-state index contributed by atoms with van der Waals surface area (Å²) in [7, 11) is 2.73. The van der Waals surface area contributed by atoms with E-state index in [1.807, 2.05) is 78.9 Å². The zero-order chi connectivity index (χ0) is 17.5. The molecule has 0 amide bonds. The van der Waals surface area contributed by atoms with Gasteiger partial charge in [0.15, 0.2) is 0 Å². The minimum absolute atomic E-state index is 0.251. The van der Waals surface area contributed by atoms with E-state index >= 15 is 0 Å². The van der Waals surface area contributed by atoms with Crippen molar-refractivity contribution in [1.29, 1.82) is 0 Å². The van der Waals surface area contributed by atoms with Crippen molar-refractivity contribution in [2.24, 2.45) is 0 Å². The van der Waals surface area contributed by atoms with Crippen molar-refractivity contribution < 1.29 is 9.53 Å². The second-order valence-corrected chi connectivity index (χ2v) is 6.46. The van der Waals surface area contributed by atoms with E-state index in [-0.39, 0.29) is 5.97 Å². The van der Waals surface area contributed by atoms with E-state index in [0.29, 0.717) is 12.2 Å². The maximum atomic E-state index is 13.4. The Hall–Kier alpha value is -2.44. The fourth-order valence-electron chi connectivity index (χ4n) is 3.14. The van der Waals surface area contributed by atoms with Crippen LogP contribution in [0.2, 0.25) is 0 Å². The number of carbonyl (C=O) groups excluding carboxylic acids is 1. The molecule has 1 atom stereocenters. The molecule has 25 heavy (non-hydrogen) atoms. The van der Waals surface area contributed by atoms with Crippen LogP contribution in [0.1, 0.15) is 17.5 Å². The Balaban J connectivity index is 2.12. The maximum Gasteiger partial charge on any atom is 0.326 e. The molecule has 3 rings (SSSR count). The van der Waals surface area contributed by atoms with Crippen LogP contribution < -0.4 is 4.74 Å². The van der Waals surface area contributed by atoms with Gasteiger partial charge < -0.3 is 4.74 Å². The lowest BCUT2D eigenvalue weighted by Gasteiger charge is -2.32. The minimum atomic E-state index is -0.833. The molecule has 0 aliphatic heterocycles. The zero-order valence-corrected chi connectivity index (χ0v) is 15.1. The topological polar surface area (TPSA) is 26.3 Å². The molecular weight excluding hydrogens is 327 g/mol. The average Bonchev–Trinajstić information content (AvgIpc) is 2.68. The van der Waals surface area contributed by atoms with Gasteiger partial charge in [-0.2, -0.15) is 0 Å². The molecule has 3 aromatic carbocycles. The van der Waals surface area contributed by atoms with Gasteiger partial charge in [0.1, 0.15) is 11.2 Å². The van der Waals surface area contributed by atoms with Crippen LogP contribution in [0, 0.1) is 0 Å². The Morgan fingerprint density at radius 1 is 0.760 bits per heavy atom. The van der Waals surface area contributed by atoms with E-state index in [0.717, 1.165) is 17.3 Å². The number of rotatable bonds is 6. The standard InChI is InChI=1S/C22H21O2P/c23-21(24-20-14-8-3-9-15-20)22(16-17-25,18-10-4-1-5-11-18)19-12-6-2-7-13-19/h1-15H,16-17,25H2. The number of para-hydroxylation sites is 1. The third-order valence-corrected chi connectivity index (χ3v) is 4.64. The quantitative estimate of drug-likeness (QED) is 0.362. The first-order chi connectivity index (χ1) is 12.3. The molecule has 0 fully saturated rings. The molecule has 126 valence electrons. The Kier molecular flexibility index (Phi) is 5.63. The smallest absolute Gasteiger partial charge is 0.326 e.